The summed E-state index contributed by atoms with van der Waals surface area (Å²) in [5.74, 6) is 0.306. The van der Waals surface area contributed by atoms with Gasteiger partial charge in [-0.25, -0.2) is 4.39 Å². The monoisotopic (exact) mass is 313 g/mol. The van der Waals surface area contributed by atoms with Crippen LogP contribution in [0.2, 0.25) is 5.02 Å². The number of benzene rings is 1. The maximum Gasteiger partial charge on any atom is 0.127 e. The first kappa shape index (κ1) is 16.7. The van der Waals surface area contributed by atoms with Crippen molar-refractivity contribution in [2.75, 3.05) is 6.61 Å². The van der Waals surface area contributed by atoms with Crippen molar-refractivity contribution in [1.82, 2.24) is 0 Å². The predicted molar refractivity (Wildman–Crippen MR) is 85.1 cm³/mol. The topological polar surface area (TPSA) is 35.2 Å². The quantitative estimate of drug-likeness (QED) is 0.878. The summed E-state index contributed by atoms with van der Waals surface area (Å²) in [5.41, 5.74) is 6.61. The van der Waals surface area contributed by atoms with Crippen LogP contribution in [-0.2, 0) is 11.2 Å². The lowest BCUT2D eigenvalue weighted by molar-refractivity contribution is -0.0926. The lowest BCUT2D eigenvalue weighted by Crippen LogP contribution is -2.54. The molecule has 2 nitrogen and oxygen atoms in total. The van der Waals surface area contributed by atoms with Gasteiger partial charge in [-0.1, -0.05) is 37.4 Å². The van der Waals surface area contributed by atoms with Crippen molar-refractivity contribution in [2.45, 2.75) is 57.6 Å². The third-order valence-electron chi connectivity index (χ3n) is 4.58. The molecule has 1 aliphatic carbocycles. The zero-order valence-corrected chi connectivity index (χ0v) is 13.6. The van der Waals surface area contributed by atoms with Gasteiger partial charge in [0.1, 0.15) is 5.82 Å². The molecule has 2 N–H and O–H groups in total. The van der Waals surface area contributed by atoms with Gasteiger partial charge in [-0.3, -0.25) is 0 Å². The van der Waals surface area contributed by atoms with Crippen LogP contribution in [0.3, 0.4) is 0 Å². The fourth-order valence-electron chi connectivity index (χ4n) is 3.54. The molecule has 3 unspecified atom stereocenters. The molecule has 0 aliphatic heterocycles. The third-order valence-corrected chi connectivity index (χ3v) is 4.94. The predicted octanol–water partition coefficient (Wildman–Crippen LogP) is 4.33. The molecule has 1 aromatic rings. The Bertz CT molecular complexity index is 458. The second-order valence-corrected chi connectivity index (χ2v) is 6.62. The summed E-state index contributed by atoms with van der Waals surface area (Å²) in [5, 5.41) is 0.445. The van der Waals surface area contributed by atoms with Crippen LogP contribution in [0.4, 0.5) is 4.39 Å². The lowest BCUT2D eigenvalue weighted by Gasteiger charge is -2.44. The molecule has 0 saturated heterocycles. The lowest BCUT2D eigenvalue weighted by atomic mass is 9.73. The van der Waals surface area contributed by atoms with Crippen LogP contribution in [0.25, 0.3) is 0 Å². The molecular weight excluding hydrogens is 289 g/mol. The van der Waals surface area contributed by atoms with Gasteiger partial charge in [-0.05, 0) is 44.2 Å². The van der Waals surface area contributed by atoms with Gasteiger partial charge in [0, 0.05) is 23.2 Å². The Morgan fingerprint density at radius 3 is 2.90 bits per heavy atom. The number of ether oxygens (including phenoxy) is 1. The van der Waals surface area contributed by atoms with Crippen LogP contribution >= 0.6 is 11.6 Å². The first-order valence-corrected chi connectivity index (χ1v) is 8.18. The molecule has 1 aromatic carbocycles. The summed E-state index contributed by atoms with van der Waals surface area (Å²) in [4.78, 5) is 0. The Kier molecular flexibility index (Phi) is 5.64. The van der Waals surface area contributed by atoms with Gasteiger partial charge in [0.25, 0.3) is 0 Å². The minimum absolute atomic E-state index is 0.241. The summed E-state index contributed by atoms with van der Waals surface area (Å²) in [7, 11) is 0. The molecule has 2 rings (SSSR count). The second kappa shape index (κ2) is 7.08. The highest BCUT2D eigenvalue weighted by atomic mass is 35.5. The zero-order valence-electron chi connectivity index (χ0n) is 12.9. The van der Waals surface area contributed by atoms with E-state index in [9.17, 15) is 4.39 Å². The minimum atomic E-state index is -0.349. The zero-order chi connectivity index (χ0) is 15.5. The molecule has 118 valence electrons. The Hall–Kier alpha value is -0.640. The van der Waals surface area contributed by atoms with E-state index in [1.165, 1.54) is 12.5 Å². The fraction of sp³-hybridized carbons (Fsp3) is 0.647. The van der Waals surface area contributed by atoms with Gasteiger partial charge in [-0.2, -0.15) is 0 Å². The van der Waals surface area contributed by atoms with Crippen molar-refractivity contribution in [3.63, 3.8) is 0 Å². The summed E-state index contributed by atoms with van der Waals surface area (Å²) in [6.07, 6.45) is 4.62. The molecule has 1 saturated carbocycles. The van der Waals surface area contributed by atoms with E-state index in [0.29, 0.717) is 29.5 Å². The standard InChI is InChI=1S/C17H25ClFNO/c1-3-21-17(9-5-6-12(2)11-17)16(20)10-13-14(18)7-4-8-15(13)19/h4,7-8,12,16H,3,5-6,9-11,20H2,1-2H3. The number of halogens is 2. The van der Waals surface area contributed by atoms with Crippen LogP contribution in [0.1, 0.15) is 45.1 Å². The summed E-state index contributed by atoms with van der Waals surface area (Å²) >= 11 is 6.13. The van der Waals surface area contributed by atoms with Gasteiger partial charge in [-0.15, -0.1) is 0 Å². The summed E-state index contributed by atoms with van der Waals surface area (Å²) in [6, 6.07) is 4.52. The molecule has 21 heavy (non-hydrogen) atoms. The maximum absolute atomic E-state index is 14.0. The molecule has 3 atom stereocenters. The molecule has 1 aliphatic rings. The van der Waals surface area contributed by atoms with E-state index in [0.717, 1.165) is 19.3 Å². The molecular formula is C17H25ClFNO. The summed E-state index contributed by atoms with van der Waals surface area (Å²) in [6.45, 7) is 4.85. The average Bonchev–Trinajstić information content (AvgIpc) is 2.43. The number of nitrogens with two attached hydrogens (primary N) is 1. The average molecular weight is 314 g/mol. The first-order valence-electron chi connectivity index (χ1n) is 7.81. The molecule has 0 aromatic heterocycles. The highest BCUT2D eigenvalue weighted by Gasteiger charge is 2.41. The van der Waals surface area contributed by atoms with Crippen LogP contribution in [0, 0.1) is 11.7 Å². The number of hydrogen-bond acceptors (Lipinski definition) is 2. The van der Waals surface area contributed by atoms with E-state index in [1.54, 1.807) is 12.1 Å². The van der Waals surface area contributed by atoms with Crippen LogP contribution in [0.15, 0.2) is 18.2 Å². The number of hydrogen-bond donors (Lipinski definition) is 1. The van der Waals surface area contributed by atoms with E-state index in [-0.39, 0.29) is 17.5 Å². The Balaban J connectivity index is 2.21. The fourth-order valence-corrected chi connectivity index (χ4v) is 3.78. The van der Waals surface area contributed by atoms with Crippen LogP contribution in [-0.4, -0.2) is 18.2 Å². The van der Waals surface area contributed by atoms with Gasteiger partial charge in [0.15, 0.2) is 0 Å². The van der Waals surface area contributed by atoms with Crippen molar-refractivity contribution >= 4 is 11.6 Å². The van der Waals surface area contributed by atoms with E-state index >= 15 is 0 Å². The van der Waals surface area contributed by atoms with Crippen molar-refractivity contribution in [3.05, 3.63) is 34.6 Å². The maximum atomic E-state index is 14.0. The van der Waals surface area contributed by atoms with E-state index < -0.39 is 0 Å². The molecule has 1 fully saturated rings. The third kappa shape index (κ3) is 3.77. The van der Waals surface area contributed by atoms with Gasteiger partial charge >= 0.3 is 0 Å². The van der Waals surface area contributed by atoms with Crippen molar-refractivity contribution in [1.29, 1.82) is 0 Å². The van der Waals surface area contributed by atoms with Crippen molar-refractivity contribution in [3.8, 4) is 0 Å². The first-order chi connectivity index (χ1) is 9.98. The van der Waals surface area contributed by atoms with E-state index in [4.69, 9.17) is 22.1 Å². The van der Waals surface area contributed by atoms with Crippen LogP contribution in [0.5, 0.6) is 0 Å². The second-order valence-electron chi connectivity index (χ2n) is 6.21. The number of rotatable bonds is 5. The van der Waals surface area contributed by atoms with Crippen molar-refractivity contribution < 1.29 is 9.13 Å². The Morgan fingerprint density at radius 1 is 1.52 bits per heavy atom. The smallest absolute Gasteiger partial charge is 0.127 e. The Labute approximate surface area is 131 Å². The van der Waals surface area contributed by atoms with Crippen molar-refractivity contribution in [2.24, 2.45) is 11.7 Å². The highest BCUT2D eigenvalue weighted by molar-refractivity contribution is 6.31. The van der Waals surface area contributed by atoms with E-state index in [1.807, 2.05) is 6.92 Å². The van der Waals surface area contributed by atoms with Gasteiger partial charge in [0.05, 0.1) is 5.60 Å². The summed E-state index contributed by atoms with van der Waals surface area (Å²) < 4.78 is 20.0. The SMILES string of the molecule is CCOC1(C(N)Cc2c(F)cccc2Cl)CCCC(C)C1. The normalized spacial score (nSPS) is 27.6. The van der Waals surface area contributed by atoms with E-state index in [2.05, 4.69) is 6.92 Å². The molecule has 0 amide bonds. The van der Waals surface area contributed by atoms with Gasteiger partial charge < -0.3 is 10.5 Å². The van der Waals surface area contributed by atoms with Crippen LogP contribution < -0.4 is 5.73 Å². The minimum Gasteiger partial charge on any atom is -0.374 e. The molecule has 0 heterocycles. The highest BCUT2D eigenvalue weighted by Crippen LogP contribution is 2.38. The largest absolute Gasteiger partial charge is 0.374 e. The molecule has 4 heteroatoms. The molecule has 0 radical (unpaired) electrons. The Morgan fingerprint density at radius 2 is 2.29 bits per heavy atom. The van der Waals surface area contributed by atoms with Gasteiger partial charge in [0.2, 0.25) is 0 Å². The molecule has 0 bridgehead atoms. The molecule has 0 spiro atoms.